The molecule has 1 amide bonds. The molecule has 0 saturated heterocycles. The third-order valence-electron chi connectivity index (χ3n) is 4.65. The van der Waals surface area contributed by atoms with Gasteiger partial charge in [-0.3, -0.25) is 4.79 Å². The Balaban J connectivity index is 1.61. The number of rotatable bonds is 7. The molecule has 4 rings (SSSR count). The van der Waals surface area contributed by atoms with Crippen LogP contribution in [0, 0.1) is 0 Å². The number of nitrogens with one attached hydrogen (secondary N) is 2. The van der Waals surface area contributed by atoms with Gasteiger partial charge in [-0.2, -0.15) is 0 Å². The summed E-state index contributed by atoms with van der Waals surface area (Å²) in [6.45, 7) is 4.03. The highest BCUT2D eigenvalue weighted by molar-refractivity contribution is 5.69. The lowest BCUT2D eigenvalue weighted by molar-refractivity contribution is -0.105. The van der Waals surface area contributed by atoms with Gasteiger partial charge in [0.1, 0.15) is 23.6 Å². The molecule has 0 atom stereocenters. The summed E-state index contributed by atoms with van der Waals surface area (Å²) >= 11 is 0. The Morgan fingerprint density at radius 1 is 1.26 bits per heavy atom. The number of carbonyl (C=O) groups is 1. The van der Waals surface area contributed by atoms with E-state index in [4.69, 9.17) is 4.98 Å². The molecule has 3 N–H and O–H groups in total. The molecule has 0 unspecified atom stereocenters. The zero-order valence-corrected chi connectivity index (χ0v) is 15.3. The normalized spacial score (nSPS) is 14.3. The smallest absolute Gasteiger partial charge is 0.212 e. The van der Waals surface area contributed by atoms with Crippen molar-refractivity contribution in [2.24, 2.45) is 0 Å². The second-order valence-corrected chi connectivity index (χ2v) is 7.39. The van der Waals surface area contributed by atoms with Gasteiger partial charge >= 0.3 is 0 Å². The van der Waals surface area contributed by atoms with E-state index in [2.05, 4.69) is 32.9 Å². The molecule has 0 bridgehead atoms. The summed E-state index contributed by atoms with van der Waals surface area (Å²) in [7, 11) is 0. The highest BCUT2D eigenvalue weighted by Crippen LogP contribution is 2.41. The first-order chi connectivity index (χ1) is 12.9. The topological polar surface area (TPSA) is 104 Å². The van der Waals surface area contributed by atoms with Crippen molar-refractivity contribution in [1.29, 1.82) is 0 Å². The summed E-state index contributed by atoms with van der Waals surface area (Å²) in [5, 5.41) is 16.3. The highest BCUT2D eigenvalue weighted by Gasteiger charge is 2.28. The summed E-state index contributed by atoms with van der Waals surface area (Å²) < 4.78 is 2.00. The van der Waals surface area contributed by atoms with Crippen LogP contribution < -0.4 is 10.6 Å². The molecule has 1 saturated carbocycles. The molecule has 0 aliphatic heterocycles. The van der Waals surface area contributed by atoms with Crippen LogP contribution in [0.25, 0.3) is 5.65 Å². The summed E-state index contributed by atoms with van der Waals surface area (Å²) in [6, 6.07) is 3.73. The average molecular weight is 366 g/mol. The van der Waals surface area contributed by atoms with Crippen molar-refractivity contribution < 1.29 is 9.90 Å². The van der Waals surface area contributed by atoms with E-state index >= 15 is 0 Å². The highest BCUT2D eigenvalue weighted by atomic mass is 16.3. The summed E-state index contributed by atoms with van der Waals surface area (Å²) in [5.41, 5.74) is 2.70. The van der Waals surface area contributed by atoms with E-state index in [-0.39, 0.29) is 0 Å². The number of aromatic nitrogens is 4. The zero-order chi connectivity index (χ0) is 19.0. The second kappa shape index (κ2) is 6.62. The second-order valence-electron chi connectivity index (χ2n) is 7.39. The lowest BCUT2D eigenvalue weighted by atomic mass is 9.97. The Morgan fingerprint density at radius 2 is 2.04 bits per heavy atom. The SMILES string of the molecule is CC(C)(O)c1cc(C2CC2)cn2cc(CNc3cc(NC=O)ncn3)nc12. The molecule has 1 aliphatic rings. The zero-order valence-electron chi connectivity index (χ0n) is 15.3. The number of hydrogen-bond donors (Lipinski definition) is 3. The molecule has 3 heterocycles. The van der Waals surface area contributed by atoms with Crippen LogP contribution in [0.2, 0.25) is 0 Å². The predicted octanol–water partition coefficient (Wildman–Crippen LogP) is 2.41. The lowest BCUT2D eigenvalue weighted by Gasteiger charge is -2.19. The van der Waals surface area contributed by atoms with Crippen LogP contribution in [0.15, 0.2) is 30.9 Å². The van der Waals surface area contributed by atoms with Crippen LogP contribution in [-0.2, 0) is 16.9 Å². The van der Waals surface area contributed by atoms with Gasteiger partial charge in [0.05, 0.1) is 17.8 Å². The van der Waals surface area contributed by atoms with Gasteiger partial charge in [0.15, 0.2) is 0 Å². The van der Waals surface area contributed by atoms with Crippen LogP contribution in [0.1, 0.15) is 49.4 Å². The molecule has 1 aliphatic carbocycles. The maximum Gasteiger partial charge on any atom is 0.212 e. The first kappa shape index (κ1) is 17.4. The molecule has 8 heteroatoms. The van der Waals surface area contributed by atoms with E-state index in [1.807, 2.05) is 10.6 Å². The summed E-state index contributed by atoms with van der Waals surface area (Å²) in [6.07, 6.45) is 8.43. The standard InChI is InChI=1S/C19H22N6O2/c1-19(2,27)15-5-13(12-3-4-12)8-25-9-14(24-18(15)25)7-20-16-6-17(23-11-26)22-10-21-16/h5-6,8-12,27H,3-4,7H2,1-2H3,(H2,20,21,22,23,26). The van der Waals surface area contributed by atoms with Crippen molar-refractivity contribution in [3.05, 3.63) is 47.7 Å². The third kappa shape index (κ3) is 3.75. The number of aliphatic hydroxyl groups is 1. The number of anilines is 2. The quantitative estimate of drug-likeness (QED) is 0.555. The summed E-state index contributed by atoms with van der Waals surface area (Å²) in [4.78, 5) is 23.3. The Bertz CT molecular complexity index is 988. The average Bonchev–Trinajstić information content (AvgIpc) is 3.38. The molecule has 1 fully saturated rings. The minimum absolute atomic E-state index is 0.427. The lowest BCUT2D eigenvalue weighted by Crippen LogP contribution is -2.17. The van der Waals surface area contributed by atoms with Gasteiger partial charge in [0.2, 0.25) is 6.41 Å². The van der Waals surface area contributed by atoms with Crippen molar-refractivity contribution in [2.45, 2.75) is 44.8 Å². The predicted molar refractivity (Wildman–Crippen MR) is 101 cm³/mol. The van der Waals surface area contributed by atoms with Crippen molar-refractivity contribution in [2.75, 3.05) is 10.6 Å². The molecular formula is C19H22N6O2. The van der Waals surface area contributed by atoms with Gasteiger partial charge in [-0.05, 0) is 44.2 Å². The number of pyridine rings is 1. The Kier molecular flexibility index (Phi) is 4.27. The number of carbonyl (C=O) groups excluding carboxylic acids is 1. The van der Waals surface area contributed by atoms with E-state index in [1.165, 1.54) is 24.7 Å². The minimum atomic E-state index is -0.968. The van der Waals surface area contributed by atoms with Crippen LogP contribution in [0.3, 0.4) is 0 Å². The van der Waals surface area contributed by atoms with Crippen molar-refractivity contribution >= 4 is 23.7 Å². The molecule has 0 aromatic carbocycles. The molecular weight excluding hydrogens is 344 g/mol. The van der Waals surface area contributed by atoms with Crippen LogP contribution in [0.4, 0.5) is 11.6 Å². The molecule has 3 aromatic heterocycles. The van der Waals surface area contributed by atoms with Crippen molar-refractivity contribution in [3.63, 3.8) is 0 Å². The molecule has 140 valence electrons. The van der Waals surface area contributed by atoms with E-state index < -0.39 is 5.60 Å². The van der Waals surface area contributed by atoms with E-state index in [0.29, 0.717) is 30.5 Å². The number of amides is 1. The number of hydrogen-bond acceptors (Lipinski definition) is 6. The van der Waals surface area contributed by atoms with E-state index in [0.717, 1.165) is 16.9 Å². The van der Waals surface area contributed by atoms with E-state index in [9.17, 15) is 9.90 Å². The Hall–Kier alpha value is -3.00. The third-order valence-corrected chi connectivity index (χ3v) is 4.65. The Labute approximate surface area is 156 Å². The number of fused-ring (bicyclic) bond motifs is 1. The maximum absolute atomic E-state index is 10.6. The minimum Gasteiger partial charge on any atom is -0.386 e. The molecule has 8 nitrogen and oxygen atoms in total. The van der Waals surface area contributed by atoms with Crippen molar-refractivity contribution in [3.8, 4) is 0 Å². The summed E-state index contributed by atoms with van der Waals surface area (Å²) in [5.74, 6) is 1.60. The monoisotopic (exact) mass is 366 g/mol. The molecule has 3 aromatic rings. The van der Waals surface area contributed by atoms with Gasteiger partial charge in [0.25, 0.3) is 0 Å². The molecule has 0 radical (unpaired) electrons. The Morgan fingerprint density at radius 3 is 2.74 bits per heavy atom. The maximum atomic E-state index is 10.6. The van der Waals surface area contributed by atoms with Gasteiger partial charge in [-0.1, -0.05) is 0 Å². The largest absolute Gasteiger partial charge is 0.386 e. The first-order valence-corrected chi connectivity index (χ1v) is 8.94. The van der Waals surface area contributed by atoms with Crippen LogP contribution in [0.5, 0.6) is 0 Å². The van der Waals surface area contributed by atoms with Crippen LogP contribution in [-0.4, -0.2) is 30.9 Å². The van der Waals surface area contributed by atoms with Gasteiger partial charge in [-0.15, -0.1) is 0 Å². The number of imidazole rings is 1. The van der Waals surface area contributed by atoms with Crippen molar-refractivity contribution in [1.82, 2.24) is 19.4 Å². The van der Waals surface area contributed by atoms with Gasteiger partial charge < -0.3 is 20.1 Å². The fourth-order valence-corrected chi connectivity index (χ4v) is 3.12. The molecule has 27 heavy (non-hydrogen) atoms. The van der Waals surface area contributed by atoms with Gasteiger partial charge in [0, 0.05) is 24.0 Å². The van der Waals surface area contributed by atoms with Gasteiger partial charge in [-0.25, -0.2) is 15.0 Å². The fourth-order valence-electron chi connectivity index (χ4n) is 3.12. The fraction of sp³-hybridized carbons (Fsp3) is 0.368. The first-order valence-electron chi connectivity index (χ1n) is 8.94. The van der Waals surface area contributed by atoms with Crippen LogP contribution >= 0.6 is 0 Å². The van der Waals surface area contributed by atoms with E-state index in [1.54, 1.807) is 19.9 Å². The molecule has 0 spiro atoms. The number of nitrogens with zero attached hydrogens (tertiary/aromatic N) is 4.